The minimum absolute atomic E-state index is 0.0473. The van der Waals surface area contributed by atoms with E-state index >= 15 is 0 Å². The van der Waals surface area contributed by atoms with Crippen LogP contribution in [0.15, 0.2) is 54.6 Å². The molecule has 0 radical (unpaired) electrons. The van der Waals surface area contributed by atoms with Gasteiger partial charge in [0.05, 0.1) is 18.6 Å². The van der Waals surface area contributed by atoms with Gasteiger partial charge in [0.25, 0.3) is 5.91 Å². The molecule has 2 rings (SSSR count). The van der Waals surface area contributed by atoms with E-state index in [4.69, 9.17) is 17.0 Å². The number of nitrogens with one attached hydrogen (secondary N) is 3. The van der Waals surface area contributed by atoms with Gasteiger partial charge in [-0.25, -0.2) is 0 Å². The topological polar surface area (TPSA) is 96.5 Å². The van der Waals surface area contributed by atoms with Crippen LogP contribution >= 0.6 is 34.8 Å². The van der Waals surface area contributed by atoms with Crippen LogP contribution in [-0.2, 0) is 20.7 Å². The number of hydrogen-bond donors (Lipinski definition) is 3. The standard InChI is InChI=1S/C21H22IN3O4S/c22-17-11-5-4-10-16(17)20(28)24-25-21(30)23-18(26)12-13-19(27)29-14-6-9-15-7-2-1-3-8-15/h1-5,7-8,10-11H,6,9,12-14H2,(H,24,28)(H2,23,25,26,30). The Kier molecular flexibility index (Phi) is 10.2. The molecule has 2 aromatic carbocycles. The van der Waals surface area contributed by atoms with E-state index in [0.29, 0.717) is 12.2 Å². The first kappa shape index (κ1) is 23.7. The summed E-state index contributed by atoms with van der Waals surface area (Å²) in [5.74, 6) is -1.27. The largest absolute Gasteiger partial charge is 0.466 e. The summed E-state index contributed by atoms with van der Waals surface area (Å²) in [7, 11) is 0. The Labute approximate surface area is 194 Å². The van der Waals surface area contributed by atoms with Crippen LogP contribution in [0.25, 0.3) is 0 Å². The lowest BCUT2D eigenvalue weighted by molar-refractivity contribution is -0.145. The molecule has 0 heterocycles. The zero-order valence-corrected chi connectivity index (χ0v) is 19.1. The summed E-state index contributed by atoms with van der Waals surface area (Å²) in [5, 5.41) is 2.34. The highest BCUT2D eigenvalue weighted by Gasteiger charge is 2.12. The molecule has 0 aliphatic heterocycles. The van der Waals surface area contributed by atoms with Gasteiger partial charge in [0.15, 0.2) is 5.11 Å². The Bertz CT molecular complexity index is 893. The van der Waals surface area contributed by atoms with Gasteiger partial charge in [-0.15, -0.1) is 0 Å². The third-order valence-electron chi connectivity index (χ3n) is 3.93. The maximum atomic E-state index is 12.1. The van der Waals surface area contributed by atoms with Crippen molar-refractivity contribution < 1.29 is 19.1 Å². The number of amides is 2. The van der Waals surface area contributed by atoms with E-state index < -0.39 is 11.9 Å². The van der Waals surface area contributed by atoms with E-state index in [1.54, 1.807) is 18.2 Å². The number of esters is 1. The summed E-state index contributed by atoms with van der Waals surface area (Å²) in [6.45, 7) is 0.305. The highest BCUT2D eigenvalue weighted by molar-refractivity contribution is 14.1. The molecular weight excluding hydrogens is 517 g/mol. The Hall–Kier alpha value is -2.53. The molecule has 0 unspecified atom stereocenters. The van der Waals surface area contributed by atoms with Crippen LogP contribution in [-0.4, -0.2) is 29.5 Å². The summed E-state index contributed by atoms with van der Waals surface area (Å²) in [4.78, 5) is 35.7. The third kappa shape index (κ3) is 8.87. The van der Waals surface area contributed by atoms with Crippen molar-refractivity contribution in [1.82, 2.24) is 16.2 Å². The van der Waals surface area contributed by atoms with E-state index in [-0.39, 0.29) is 23.9 Å². The molecule has 0 aliphatic rings. The minimum atomic E-state index is -0.447. The number of aryl methyl sites for hydroxylation is 1. The third-order valence-corrected chi connectivity index (χ3v) is 5.08. The predicted octanol–water partition coefficient (Wildman–Crippen LogP) is 2.88. The fourth-order valence-electron chi connectivity index (χ4n) is 2.44. The molecule has 2 amide bonds. The molecule has 0 saturated heterocycles. The van der Waals surface area contributed by atoms with Gasteiger partial charge < -0.3 is 10.1 Å². The maximum Gasteiger partial charge on any atom is 0.306 e. The highest BCUT2D eigenvalue weighted by Crippen LogP contribution is 2.10. The molecular formula is C21H22IN3O4S. The van der Waals surface area contributed by atoms with Crippen molar-refractivity contribution in [3.05, 3.63) is 69.3 Å². The van der Waals surface area contributed by atoms with Gasteiger partial charge in [-0.3, -0.25) is 25.2 Å². The van der Waals surface area contributed by atoms with Crippen LogP contribution in [0, 0.1) is 3.57 Å². The average Bonchev–Trinajstić information content (AvgIpc) is 2.74. The van der Waals surface area contributed by atoms with Gasteiger partial charge in [0.1, 0.15) is 0 Å². The molecule has 0 atom stereocenters. The van der Waals surface area contributed by atoms with E-state index in [1.807, 2.05) is 59.0 Å². The lowest BCUT2D eigenvalue weighted by Crippen LogP contribution is -2.48. The second-order valence-corrected chi connectivity index (χ2v) is 7.82. The molecule has 158 valence electrons. The second-order valence-electron chi connectivity index (χ2n) is 6.25. The van der Waals surface area contributed by atoms with Gasteiger partial charge in [-0.05, 0) is 65.3 Å². The normalized spacial score (nSPS) is 10.0. The zero-order valence-electron chi connectivity index (χ0n) is 16.2. The van der Waals surface area contributed by atoms with Gasteiger partial charge in [-0.1, -0.05) is 42.5 Å². The van der Waals surface area contributed by atoms with Crippen molar-refractivity contribution in [3.8, 4) is 0 Å². The van der Waals surface area contributed by atoms with Crippen molar-refractivity contribution in [2.24, 2.45) is 0 Å². The Balaban J connectivity index is 1.58. The Morgan fingerprint density at radius 2 is 1.63 bits per heavy atom. The number of benzene rings is 2. The number of hydrazine groups is 1. The van der Waals surface area contributed by atoms with Crippen LogP contribution in [0.1, 0.15) is 35.2 Å². The van der Waals surface area contributed by atoms with Crippen LogP contribution < -0.4 is 16.2 Å². The van der Waals surface area contributed by atoms with E-state index in [9.17, 15) is 14.4 Å². The van der Waals surface area contributed by atoms with Crippen LogP contribution in [0.2, 0.25) is 0 Å². The van der Waals surface area contributed by atoms with Crippen molar-refractivity contribution in [3.63, 3.8) is 0 Å². The lowest BCUT2D eigenvalue weighted by atomic mass is 10.1. The number of ether oxygens (including phenoxy) is 1. The molecule has 0 spiro atoms. The number of carbonyl (C=O) groups excluding carboxylic acids is 3. The number of thiocarbonyl (C=S) groups is 1. The molecule has 9 heteroatoms. The van der Waals surface area contributed by atoms with E-state index in [2.05, 4.69) is 16.2 Å². The number of hydrogen-bond acceptors (Lipinski definition) is 5. The van der Waals surface area contributed by atoms with Crippen LogP contribution in [0.3, 0.4) is 0 Å². The van der Waals surface area contributed by atoms with Crippen LogP contribution in [0.5, 0.6) is 0 Å². The number of rotatable bonds is 8. The van der Waals surface area contributed by atoms with E-state index in [1.165, 1.54) is 5.56 Å². The molecule has 0 saturated carbocycles. The highest BCUT2D eigenvalue weighted by atomic mass is 127. The average molecular weight is 539 g/mol. The number of halogens is 1. The van der Waals surface area contributed by atoms with Crippen molar-refractivity contribution >= 4 is 57.7 Å². The minimum Gasteiger partial charge on any atom is -0.466 e. The van der Waals surface area contributed by atoms with Crippen molar-refractivity contribution in [2.75, 3.05) is 6.61 Å². The van der Waals surface area contributed by atoms with Crippen molar-refractivity contribution in [1.29, 1.82) is 0 Å². The lowest BCUT2D eigenvalue weighted by Gasteiger charge is -2.11. The van der Waals surface area contributed by atoms with Gasteiger partial charge in [0.2, 0.25) is 5.91 Å². The molecule has 7 nitrogen and oxygen atoms in total. The molecule has 0 fully saturated rings. The summed E-state index contributed by atoms with van der Waals surface area (Å²) >= 11 is 7.02. The summed E-state index contributed by atoms with van der Waals surface area (Å²) in [5.41, 5.74) is 6.55. The van der Waals surface area contributed by atoms with Gasteiger partial charge >= 0.3 is 5.97 Å². The van der Waals surface area contributed by atoms with Crippen molar-refractivity contribution in [2.45, 2.75) is 25.7 Å². The molecule has 3 N–H and O–H groups in total. The SMILES string of the molecule is O=C(CCC(=O)OCCCc1ccccc1)NC(=S)NNC(=O)c1ccccc1I. The Morgan fingerprint density at radius 1 is 0.933 bits per heavy atom. The first-order valence-electron chi connectivity index (χ1n) is 9.30. The molecule has 2 aromatic rings. The first-order valence-corrected chi connectivity index (χ1v) is 10.8. The second kappa shape index (κ2) is 12.9. The summed E-state index contributed by atoms with van der Waals surface area (Å²) < 4.78 is 5.92. The number of carbonyl (C=O) groups is 3. The van der Waals surface area contributed by atoms with E-state index in [0.717, 1.165) is 16.4 Å². The maximum absolute atomic E-state index is 12.1. The smallest absolute Gasteiger partial charge is 0.306 e. The quantitative estimate of drug-likeness (QED) is 0.157. The molecule has 0 aliphatic carbocycles. The summed E-state index contributed by atoms with van der Waals surface area (Å²) in [6, 6.07) is 17.0. The van der Waals surface area contributed by atoms with Crippen LogP contribution in [0.4, 0.5) is 0 Å². The van der Waals surface area contributed by atoms with Gasteiger partial charge in [-0.2, -0.15) is 0 Å². The van der Waals surface area contributed by atoms with Gasteiger partial charge in [0, 0.05) is 9.99 Å². The fourth-order valence-corrected chi connectivity index (χ4v) is 3.24. The first-order chi connectivity index (χ1) is 14.5. The predicted molar refractivity (Wildman–Crippen MR) is 125 cm³/mol. The molecule has 30 heavy (non-hydrogen) atoms. The summed E-state index contributed by atoms with van der Waals surface area (Å²) in [6.07, 6.45) is 1.43. The molecule has 0 aromatic heterocycles. The zero-order chi connectivity index (χ0) is 21.8. The Morgan fingerprint density at radius 3 is 2.37 bits per heavy atom. The molecule has 0 bridgehead atoms. The monoisotopic (exact) mass is 539 g/mol. The fraction of sp³-hybridized carbons (Fsp3) is 0.238.